The molecule has 0 unspecified atom stereocenters. The van der Waals surface area contributed by atoms with Gasteiger partial charge in [0.2, 0.25) is 11.6 Å². The minimum Gasteiger partial charge on any atom is -0.263 e. The van der Waals surface area contributed by atoms with Gasteiger partial charge in [-0.2, -0.15) is 0 Å². The summed E-state index contributed by atoms with van der Waals surface area (Å²) >= 11 is 0. The number of hydrogen-bond donors (Lipinski definition) is 0. The fraction of sp³-hybridized carbons (Fsp3) is 0.167. The molecule has 3 heterocycles. The van der Waals surface area contributed by atoms with E-state index in [0.29, 0.717) is 35.7 Å². The van der Waals surface area contributed by atoms with E-state index in [-0.39, 0.29) is 0 Å². The lowest BCUT2D eigenvalue weighted by atomic mass is 10.1. The van der Waals surface area contributed by atoms with Gasteiger partial charge in [0.15, 0.2) is 17.5 Å². The molecule has 0 radical (unpaired) electrons. The number of rotatable bonds is 3. The van der Waals surface area contributed by atoms with Crippen molar-refractivity contribution in [2.24, 2.45) is 9.98 Å². The molecule has 1 aromatic carbocycles. The van der Waals surface area contributed by atoms with Crippen LogP contribution in [0.2, 0.25) is 0 Å². The van der Waals surface area contributed by atoms with E-state index < -0.39 is 0 Å². The highest BCUT2D eigenvalue weighted by Crippen LogP contribution is 2.19. The average Bonchev–Trinajstić information content (AvgIpc) is 2.69. The minimum atomic E-state index is 0.407. The number of aryl methyl sites for hydroxylation is 1. The Bertz CT molecular complexity index is 947. The first-order valence-corrected chi connectivity index (χ1v) is 7.97. The molecule has 0 spiro atoms. The molecule has 3 aromatic rings. The van der Waals surface area contributed by atoms with Crippen LogP contribution >= 0.6 is 0 Å². The van der Waals surface area contributed by atoms with Crippen LogP contribution in [0.1, 0.15) is 17.8 Å². The smallest absolute Gasteiger partial charge is 0.201 e. The summed E-state index contributed by atoms with van der Waals surface area (Å²) in [5.41, 5.74) is 2.07. The monoisotopic (exact) mass is 329 g/mol. The highest BCUT2D eigenvalue weighted by atomic mass is 15.1. The zero-order valence-corrected chi connectivity index (χ0v) is 13.7. The largest absolute Gasteiger partial charge is 0.263 e. The Morgan fingerprint density at radius 1 is 0.800 bits per heavy atom. The maximum absolute atomic E-state index is 4.56. The van der Waals surface area contributed by atoms with Gasteiger partial charge in [0.25, 0.3) is 0 Å². The quantitative estimate of drug-likeness (QED) is 0.736. The first-order chi connectivity index (χ1) is 12.3. The molecule has 1 aliphatic rings. The Kier molecular flexibility index (Phi) is 4.04. The molecule has 0 atom stereocenters. The number of hydrogen-bond acceptors (Lipinski definition) is 7. The van der Waals surface area contributed by atoms with Crippen LogP contribution in [0.4, 0.5) is 0 Å². The Morgan fingerprint density at radius 3 is 2.24 bits per heavy atom. The van der Waals surface area contributed by atoms with Gasteiger partial charge < -0.3 is 0 Å². The first kappa shape index (κ1) is 15.2. The second kappa shape index (κ2) is 6.64. The normalized spacial score (nSPS) is 13.6. The molecule has 2 aromatic heterocycles. The average molecular weight is 329 g/mol. The van der Waals surface area contributed by atoms with E-state index in [1.165, 1.54) is 5.56 Å². The van der Waals surface area contributed by atoms with Crippen molar-refractivity contribution in [2.45, 2.75) is 13.3 Å². The fourth-order valence-electron chi connectivity index (χ4n) is 2.37. The van der Waals surface area contributed by atoms with Gasteiger partial charge in [-0.3, -0.25) is 4.99 Å². The van der Waals surface area contributed by atoms with Crippen LogP contribution in [-0.4, -0.2) is 43.5 Å². The second-order valence-corrected chi connectivity index (χ2v) is 5.55. The maximum Gasteiger partial charge on any atom is 0.201 e. The van der Waals surface area contributed by atoms with Gasteiger partial charge in [-0.1, -0.05) is 29.8 Å². The van der Waals surface area contributed by atoms with Crippen LogP contribution in [0.15, 0.2) is 52.7 Å². The molecular formula is C18H15N7. The molecular weight excluding hydrogens is 314 g/mol. The van der Waals surface area contributed by atoms with Crippen molar-refractivity contribution in [1.82, 2.24) is 24.9 Å². The molecule has 4 rings (SSSR count). The summed E-state index contributed by atoms with van der Waals surface area (Å²) in [5.74, 6) is 2.35. The van der Waals surface area contributed by atoms with Crippen molar-refractivity contribution < 1.29 is 0 Å². The SMILES string of the molecule is Cc1ccc(-c2nc(C3=NCCC=N3)nc(-c3ncccn3)n2)cc1. The van der Waals surface area contributed by atoms with E-state index >= 15 is 0 Å². The van der Waals surface area contributed by atoms with Crippen molar-refractivity contribution in [3.63, 3.8) is 0 Å². The number of aromatic nitrogens is 5. The number of benzene rings is 1. The zero-order valence-electron chi connectivity index (χ0n) is 13.7. The number of amidine groups is 1. The summed E-state index contributed by atoms with van der Waals surface area (Å²) in [6.07, 6.45) is 5.98. The molecule has 0 saturated heterocycles. The third kappa shape index (κ3) is 3.30. The Morgan fingerprint density at radius 2 is 1.52 bits per heavy atom. The number of aliphatic imine (C=N–C) groups is 2. The minimum absolute atomic E-state index is 0.407. The van der Waals surface area contributed by atoms with Gasteiger partial charge in [-0.15, -0.1) is 0 Å². The van der Waals surface area contributed by atoms with Gasteiger partial charge in [-0.05, 0) is 13.0 Å². The molecule has 0 fully saturated rings. The fourth-order valence-corrected chi connectivity index (χ4v) is 2.37. The second-order valence-electron chi connectivity index (χ2n) is 5.55. The topological polar surface area (TPSA) is 89.2 Å². The van der Waals surface area contributed by atoms with E-state index in [1.54, 1.807) is 18.5 Å². The molecule has 25 heavy (non-hydrogen) atoms. The van der Waals surface area contributed by atoms with Crippen LogP contribution in [0, 0.1) is 6.92 Å². The van der Waals surface area contributed by atoms with Gasteiger partial charge in [0.05, 0.1) is 0 Å². The zero-order chi connectivity index (χ0) is 17.1. The van der Waals surface area contributed by atoms with Crippen molar-refractivity contribution in [3.05, 3.63) is 54.1 Å². The summed E-state index contributed by atoms with van der Waals surface area (Å²) in [4.78, 5) is 30.8. The molecule has 7 heteroatoms. The predicted octanol–water partition coefficient (Wildman–Crippen LogP) is 2.53. The summed E-state index contributed by atoms with van der Waals surface area (Å²) < 4.78 is 0. The van der Waals surface area contributed by atoms with Gasteiger partial charge in [-0.25, -0.2) is 29.9 Å². The van der Waals surface area contributed by atoms with Gasteiger partial charge >= 0.3 is 0 Å². The molecule has 7 nitrogen and oxygen atoms in total. The van der Waals surface area contributed by atoms with E-state index in [0.717, 1.165) is 12.0 Å². The van der Waals surface area contributed by atoms with Crippen LogP contribution in [0.5, 0.6) is 0 Å². The summed E-state index contributed by atoms with van der Waals surface area (Å²) in [5, 5.41) is 0. The molecule has 0 aliphatic carbocycles. The molecule has 1 aliphatic heterocycles. The lowest BCUT2D eigenvalue weighted by Gasteiger charge is -2.08. The Labute approximate surface area is 144 Å². The highest BCUT2D eigenvalue weighted by molar-refractivity contribution is 6.01. The first-order valence-electron chi connectivity index (χ1n) is 7.97. The highest BCUT2D eigenvalue weighted by Gasteiger charge is 2.16. The molecule has 0 amide bonds. The van der Waals surface area contributed by atoms with Crippen molar-refractivity contribution in [3.8, 4) is 23.0 Å². The van der Waals surface area contributed by atoms with Crippen molar-refractivity contribution in [2.75, 3.05) is 6.54 Å². The van der Waals surface area contributed by atoms with Crippen LogP contribution in [-0.2, 0) is 0 Å². The standard InChI is InChI=1S/C18H15N7/c1-12-4-6-13(7-5-12)14-23-17(15-19-8-2-9-20-15)25-18(24-14)16-21-10-3-11-22-16/h2,4-10H,3,11H2,1H3. The van der Waals surface area contributed by atoms with Crippen molar-refractivity contribution >= 4 is 12.1 Å². The Hall–Kier alpha value is -3.35. The maximum atomic E-state index is 4.56. The molecule has 122 valence electrons. The summed E-state index contributed by atoms with van der Waals surface area (Å²) in [6.45, 7) is 2.72. The van der Waals surface area contributed by atoms with E-state index in [2.05, 4.69) is 34.9 Å². The Balaban J connectivity index is 1.87. The lowest BCUT2D eigenvalue weighted by Crippen LogP contribution is -2.12. The molecule has 0 bridgehead atoms. The predicted molar refractivity (Wildman–Crippen MR) is 95.5 cm³/mol. The molecule has 0 N–H and O–H groups in total. The van der Waals surface area contributed by atoms with E-state index in [9.17, 15) is 0 Å². The van der Waals surface area contributed by atoms with Gasteiger partial charge in [0.1, 0.15) is 0 Å². The third-order valence-electron chi connectivity index (χ3n) is 3.64. The number of nitrogens with zero attached hydrogens (tertiary/aromatic N) is 7. The molecule has 0 saturated carbocycles. The van der Waals surface area contributed by atoms with Gasteiger partial charge in [0, 0.05) is 37.1 Å². The van der Waals surface area contributed by atoms with Crippen LogP contribution < -0.4 is 0 Å². The van der Waals surface area contributed by atoms with E-state index in [1.807, 2.05) is 37.4 Å². The van der Waals surface area contributed by atoms with E-state index in [4.69, 9.17) is 0 Å². The lowest BCUT2D eigenvalue weighted by molar-refractivity contribution is 0.979. The third-order valence-corrected chi connectivity index (χ3v) is 3.64. The van der Waals surface area contributed by atoms with Crippen molar-refractivity contribution in [1.29, 1.82) is 0 Å². The van der Waals surface area contributed by atoms with Crippen LogP contribution in [0.3, 0.4) is 0 Å². The summed E-state index contributed by atoms with van der Waals surface area (Å²) in [7, 11) is 0. The van der Waals surface area contributed by atoms with Crippen LogP contribution in [0.25, 0.3) is 23.0 Å². The summed E-state index contributed by atoms with van der Waals surface area (Å²) in [6, 6.07) is 9.76.